The van der Waals surface area contributed by atoms with Gasteiger partial charge in [-0.3, -0.25) is 86.5 Å². The molecular formula is C74H100N14O24. The Morgan fingerprint density at radius 3 is 0.580 bits per heavy atom. The summed E-state index contributed by atoms with van der Waals surface area (Å²) in [6.45, 7) is 5.32. The van der Waals surface area contributed by atoms with Gasteiger partial charge < -0.3 is 102 Å². The predicted octanol–water partition coefficient (Wildman–Crippen LogP) is -0.485. The standard InChI is InChI=1S/C74H100N14O24/c1-13-109-55(89)17-21-79-63(93)43-35-47(67(97)75-5)59(105-9)51(39-43)71(101)83-25-29-87(30-26-84-72(102)52-40-44(36-48(60(52)106-10)68(98)76-6)64(94)80-22-18-56(90)110-14-2)33-34-88(31-27-85-73(103)53-41-45(37-49(61(53)107-11)69(99)77-7)65(95)81-23-19-57(91)111-15-3)32-28-86-74(104)54-42-46(38-50(62(54)108-12)70(100)78-8)66(96)82-24-20-58(92)112-16-4/h35-42H,13-34H2,1-12H3,(H,75,97)(H,76,98)(H,77,99)(H,78,100)(H,79,93)(H,80,94)(H,81,95)(H,82,96)(H,83,101)(H,84,102)(H,85,103)(H,86,104). The Morgan fingerprint density at radius 1 is 0.250 bits per heavy atom. The van der Waals surface area contributed by atoms with E-state index in [2.05, 4.69) is 63.8 Å². The molecule has 4 aromatic rings. The minimum Gasteiger partial charge on any atom is -0.495 e. The van der Waals surface area contributed by atoms with Crippen molar-refractivity contribution in [2.24, 2.45) is 0 Å². The number of hydrogen-bond donors (Lipinski definition) is 12. The Balaban J connectivity index is 1.84. The summed E-state index contributed by atoms with van der Waals surface area (Å²) in [5, 5.41) is 31.3. The van der Waals surface area contributed by atoms with Crippen LogP contribution in [-0.2, 0) is 38.1 Å². The van der Waals surface area contributed by atoms with Gasteiger partial charge in [-0.2, -0.15) is 0 Å². The molecule has 12 N–H and O–H groups in total. The second-order valence-electron chi connectivity index (χ2n) is 23.7. The van der Waals surface area contributed by atoms with Gasteiger partial charge in [0.1, 0.15) is 23.0 Å². The molecule has 112 heavy (non-hydrogen) atoms. The first-order valence-corrected chi connectivity index (χ1v) is 35.8. The highest BCUT2D eigenvalue weighted by Gasteiger charge is 2.30. The third-order valence-electron chi connectivity index (χ3n) is 16.4. The lowest BCUT2D eigenvalue weighted by atomic mass is 10.0. The van der Waals surface area contributed by atoms with Crippen molar-refractivity contribution in [1.29, 1.82) is 0 Å². The molecule has 0 fully saturated rings. The zero-order chi connectivity index (χ0) is 83.0. The number of nitrogens with one attached hydrogen (secondary N) is 12. The lowest BCUT2D eigenvalue weighted by molar-refractivity contribution is -0.143. The number of rotatable bonds is 47. The number of methoxy groups -OCH3 is 4. The first-order chi connectivity index (χ1) is 53.7. The normalized spacial score (nSPS) is 10.6. The molecule has 0 saturated carbocycles. The van der Waals surface area contributed by atoms with Crippen LogP contribution >= 0.6 is 0 Å². The van der Waals surface area contributed by atoms with E-state index in [4.69, 9.17) is 37.9 Å². The Hall–Kier alpha value is -12.5. The summed E-state index contributed by atoms with van der Waals surface area (Å²) in [5.41, 5.74) is -2.40. The van der Waals surface area contributed by atoms with Crippen LogP contribution in [0.25, 0.3) is 0 Å². The number of benzene rings is 4. The van der Waals surface area contributed by atoms with Gasteiger partial charge in [0, 0.05) is 142 Å². The van der Waals surface area contributed by atoms with Crippen LogP contribution in [-0.4, -0.2) is 279 Å². The number of hydrogen-bond acceptors (Lipinski definition) is 26. The molecule has 38 nitrogen and oxygen atoms in total. The fourth-order valence-electron chi connectivity index (χ4n) is 10.9. The van der Waals surface area contributed by atoms with E-state index in [-0.39, 0.29) is 233 Å². The van der Waals surface area contributed by atoms with Crippen LogP contribution < -0.4 is 82.7 Å². The van der Waals surface area contributed by atoms with E-state index < -0.39 is 94.8 Å². The predicted molar refractivity (Wildman–Crippen MR) is 402 cm³/mol. The number of esters is 4. The van der Waals surface area contributed by atoms with E-state index in [0.29, 0.717) is 0 Å². The lowest BCUT2D eigenvalue weighted by Gasteiger charge is -2.28. The highest BCUT2D eigenvalue weighted by atomic mass is 16.5. The highest BCUT2D eigenvalue weighted by molar-refractivity contribution is 6.11. The fourth-order valence-corrected chi connectivity index (χ4v) is 10.9. The largest absolute Gasteiger partial charge is 0.495 e. The zero-order valence-corrected chi connectivity index (χ0v) is 64.9. The van der Waals surface area contributed by atoms with Crippen molar-refractivity contribution in [3.8, 4) is 23.0 Å². The van der Waals surface area contributed by atoms with Gasteiger partial charge in [0.05, 0.1) is 125 Å². The second kappa shape index (κ2) is 48.1. The van der Waals surface area contributed by atoms with E-state index in [1.54, 1.807) is 37.5 Å². The fraction of sp³-hybridized carbons (Fsp3) is 0.459. The molecule has 0 aliphatic heterocycles. The summed E-state index contributed by atoms with van der Waals surface area (Å²) < 4.78 is 42.2. The van der Waals surface area contributed by atoms with Gasteiger partial charge in [-0.25, -0.2) is 0 Å². The number of nitrogens with zero attached hydrogens (tertiary/aromatic N) is 2. The summed E-state index contributed by atoms with van der Waals surface area (Å²) in [5.74, 6) is -12.4. The van der Waals surface area contributed by atoms with Crippen molar-refractivity contribution in [2.45, 2.75) is 53.4 Å². The molecule has 0 aliphatic rings. The Kier molecular flexibility index (Phi) is 39.5. The van der Waals surface area contributed by atoms with E-state index in [9.17, 15) is 76.7 Å². The van der Waals surface area contributed by atoms with Crippen LogP contribution in [0, 0.1) is 0 Å². The highest BCUT2D eigenvalue weighted by Crippen LogP contribution is 2.31. The van der Waals surface area contributed by atoms with Gasteiger partial charge in [-0.15, -0.1) is 0 Å². The topological polar surface area (TPSA) is 498 Å². The van der Waals surface area contributed by atoms with Crippen LogP contribution in [0.3, 0.4) is 0 Å². The molecular weight excluding hydrogens is 1470 g/mol. The second-order valence-corrected chi connectivity index (χ2v) is 23.7. The maximum absolute atomic E-state index is 14.4. The van der Waals surface area contributed by atoms with Crippen LogP contribution in [0.4, 0.5) is 0 Å². The zero-order valence-electron chi connectivity index (χ0n) is 64.9. The molecule has 4 aromatic carbocycles. The van der Waals surface area contributed by atoms with Gasteiger partial charge in [-0.1, -0.05) is 0 Å². The maximum Gasteiger partial charge on any atom is 0.307 e. The average molecular weight is 1570 g/mol. The molecule has 0 aromatic heterocycles. The number of carbonyl (C=O) groups is 16. The Morgan fingerprint density at radius 2 is 0.420 bits per heavy atom. The van der Waals surface area contributed by atoms with Crippen LogP contribution in [0.1, 0.15) is 178 Å². The minimum atomic E-state index is -0.827. The summed E-state index contributed by atoms with van der Waals surface area (Å²) >= 11 is 0. The van der Waals surface area contributed by atoms with Gasteiger partial charge in [0.2, 0.25) is 0 Å². The van der Waals surface area contributed by atoms with Gasteiger partial charge in [0.25, 0.3) is 70.9 Å². The first kappa shape index (κ1) is 91.9. The number of carbonyl (C=O) groups excluding carboxylic acids is 16. The molecule has 12 amide bonds. The average Bonchev–Trinajstić information content (AvgIpc) is 0.816. The van der Waals surface area contributed by atoms with E-state index in [1.165, 1.54) is 105 Å². The van der Waals surface area contributed by atoms with Crippen molar-refractivity contribution in [3.05, 3.63) is 115 Å². The van der Waals surface area contributed by atoms with Gasteiger partial charge in [-0.05, 0) is 76.2 Å². The third kappa shape index (κ3) is 27.9. The molecule has 0 radical (unpaired) electrons. The number of amides is 12. The number of ether oxygens (including phenoxy) is 8. The quantitative estimate of drug-likeness (QED) is 0.0196. The van der Waals surface area contributed by atoms with Crippen molar-refractivity contribution in [2.75, 3.05) is 175 Å². The summed E-state index contributed by atoms with van der Waals surface area (Å²) in [6.07, 6.45) is -0.748. The molecule has 610 valence electrons. The smallest absolute Gasteiger partial charge is 0.307 e. The molecule has 0 heterocycles. The van der Waals surface area contributed by atoms with Crippen LogP contribution in [0.15, 0.2) is 48.5 Å². The van der Waals surface area contributed by atoms with Crippen LogP contribution in [0.5, 0.6) is 23.0 Å². The first-order valence-electron chi connectivity index (χ1n) is 35.8. The molecule has 0 atom stereocenters. The lowest BCUT2D eigenvalue weighted by Crippen LogP contribution is -2.46. The van der Waals surface area contributed by atoms with E-state index in [1.807, 2.05) is 0 Å². The van der Waals surface area contributed by atoms with Crippen molar-refractivity contribution in [3.63, 3.8) is 0 Å². The summed E-state index contributed by atoms with van der Waals surface area (Å²) in [4.78, 5) is 217. The summed E-state index contributed by atoms with van der Waals surface area (Å²) in [7, 11) is 10.1. The van der Waals surface area contributed by atoms with Gasteiger partial charge in [0.15, 0.2) is 0 Å². The Bertz CT molecular complexity index is 3570. The van der Waals surface area contributed by atoms with E-state index >= 15 is 0 Å². The third-order valence-corrected chi connectivity index (χ3v) is 16.4. The summed E-state index contributed by atoms with van der Waals surface area (Å²) in [6, 6.07) is 9.59. The van der Waals surface area contributed by atoms with E-state index in [0.717, 1.165) is 0 Å². The van der Waals surface area contributed by atoms with Crippen molar-refractivity contribution >= 4 is 94.8 Å². The molecule has 38 heteroatoms. The SMILES string of the molecule is CCOC(=O)CCNC(=O)c1cc(C(=O)NC)c(OC)c(C(=O)NCCN(CCNC(=O)c2cc(C(=O)NCCC(=O)OCC)cc(C(=O)NC)c2OC)CCN(CCNC(=O)c2cc(C(=O)NCCC(=O)OCC)cc(C(=O)NC)c2OC)CCNC(=O)c2cc(C(=O)NCCC(=O)OCC)cc(C(=O)NC)c2OC)c1. The van der Waals surface area contributed by atoms with Gasteiger partial charge >= 0.3 is 23.9 Å². The van der Waals surface area contributed by atoms with Crippen molar-refractivity contribution < 1.29 is 115 Å². The van der Waals surface area contributed by atoms with Crippen LogP contribution in [0.2, 0.25) is 0 Å². The monoisotopic (exact) mass is 1570 g/mol. The van der Waals surface area contributed by atoms with Crippen molar-refractivity contribution in [1.82, 2.24) is 73.6 Å². The molecule has 0 unspecified atom stereocenters. The molecule has 4 rings (SSSR count). The molecule has 0 spiro atoms. The minimum absolute atomic E-state index is 0.0259. The molecule has 0 bridgehead atoms. The Labute approximate surface area is 646 Å². The molecule has 0 saturated heterocycles. The maximum atomic E-state index is 14.4. The molecule has 0 aliphatic carbocycles.